The first kappa shape index (κ1) is 21.0. The van der Waals surface area contributed by atoms with Crippen LogP contribution in [0.3, 0.4) is 0 Å². The number of nitrogens with zero attached hydrogens (tertiary/aromatic N) is 4. The zero-order valence-corrected chi connectivity index (χ0v) is 17.3. The minimum absolute atomic E-state index is 0.240. The lowest BCUT2D eigenvalue weighted by molar-refractivity contribution is -0.274. The van der Waals surface area contributed by atoms with E-state index in [1.54, 1.807) is 6.07 Å². The molecule has 8 nitrogen and oxygen atoms in total. The Kier molecular flexibility index (Phi) is 5.47. The first-order chi connectivity index (χ1) is 15.9. The van der Waals surface area contributed by atoms with Gasteiger partial charge in [0.15, 0.2) is 11.6 Å². The van der Waals surface area contributed by atoms with E-state index in [0.717, 1.165) is 24.5 Å². The van der Waals surface area contributed by atoms with Crippen LogP contribution in [-0.2, 0) is 4.74 Å². The second-order valence-corrected chi connectivity index (χ2v) is 7.37. The number of halogens is 3. The molecule has 11 heteroatoms. The average molecular weight is 456 g/mol. The van der Waals surface area contributed by atoms with Gasteiger partial charge in [0, 0.05) is 30.0 Å². The number of alkyl halides is 3. The Morgan fingerprint density at radius 1 is 1.03 bits per heavy atom. The maximum Gasteiger partial charge on any atom is 0.573 e. The average Bonchev–Trinajstić information content (AvgIpc) is 3.28. The molecule has 5 rings (SSSR count). The number of morpholine rings is 1. The van der Waals surface area contributed by atoms with Crippen molar-refractivity contribution in [3.63, 3.8) is 0 Å². The molecule has 3 heterocycles. The number of nitrogens with one attached hydrogen (secondary N) is 2. The smallest absolute Gasteiger partial charge is 0.406 e. The third-order valence-electron chi connectivity index (χ3n) is 5.13. The number of rotatable bonds is 5. The zero-order chi connectivity index (χ0) is 22.8. The molecule has 0 amide bonds. The van der Waals surface area contributed by atoms with Crippen molar-refractivity contribution in [2.45, 2.75) is 6.36 Å². The van der Waals surface area contributed by atoms with Gasteiger partial charge in [0.05, 0.1) is 19.4 Å². The lowest BCUT2D eigenvalue weighted by Crippen LogP contribution is -2.36. The SMILES string of the molecule is FC(F)(F)Oc1cccc(-c2nc(Nc3ccc(N4CCOCC4)cc3)c3[nH]ncc3n2)c1. The van der Waals surface area contributed by atoms with Gasteiger partial charge >= 0.3 is 6.36 Å². The molecule has 0 saturated carbocycles. The summed E-state index contributed by atoms with van der Waals surface area (Å²) in [6.45, 7) is 3.09. The number of hydrogen-bond donors (Lipinski definition) is 2. The van der Waals surface area contributed by atoms with E-state index >= 15 is 0 Å². The van der Waals surface area contributed by atoms with Crippen LogP contribution in [0.5, 0.6) is 5.75 Å². The fourth-order valence-corrected chi connectivity index (χ4v) is 3.61. The molecule has 0 radical (unpaired) electrons. The van der Waals surface area contributed by atoms with E-state index in [1.165, 1.54) is 24.4 Å². The molecular weight excluding hydrogens is 437 g/mol. The fourth-order valence-electron chi connectivity index (χ4n) is 3.61. The lowest BCUT2D eigenvalue weighted by Gasteiger charge is -2.28. The van der Waals surface area contributed by atoms with Gasteiger partial charge in [-0.25, -0.2) is 9.97 Å². The first-order valence-corrected chi connectivity index (χ1v) is 10.2. The number of aromatic nitrogens is 4. The minimum atomic E-state index is -4.78. The fraction of sp³-hybridized carbons (Fsp3) is 0.227. The molecule has 1 saturated heterocycles. The second-order valence-electron chi connectivity index (χ2n) is 7.37. The molecule has 170 valence electrons. The van der Waals surface area contributed by atoms with E-state index in [-0.39, 0.29) is 11.6 Å². The predicted molar refractivity (Wildman–Crippen MR) is 117 cm³/mol. The zero-order valence-electron chi connectivity index (χ0n) is 17.3. The van der Waals surface area contributed by atoms with E-state index in [9.17, 15) is 13.2 Å². The van der Waals surface area contributed by atoms with Gasteiger partial charge in [0.1, 0.15) is 16.8 Å². The molecule has 2 N–H and O–H groups in total. The standard InChI is InChI=1S/C22H19F3N6O2/c23-22(24,25)33-17-3-1-2-14(12-17)20-28-18-13-26-30-19(18)21(29-20)27-15-4-6-16(7-5-15)31-8-10-32-11-9-31/h1-7,12-13H,8-11H2,(H,26,30)(H,27,28,29). The van der Waals surface area contributed by atoms with Crippen molar-refractivity contribution in [3.05, 3.63) is 54.7 Å². The van der Waals surface area contributed by atoms with E-state index < -0.39 is 6.36 Å². The normalized spacial score (nSPS) is 14.5. The number of benzene rings is 2. The van der Waals surface area contributed by atoms with Crippen LogP contribution >= 0.6 is 0 Å². The molecule has 1 aliphatic heterocycles. The lowest BCUT2D eigenvalue weighted by atomic mass is 10.2. The third-order valence-corrected chi connectivity index (χ3v) is 5.13. The topological polar surface area (TPSA) is 88.2 Å². The van der Waals surface area contributed by atoms with Crippen molar-refractivity contribution >= 4 is 28.2 Å². The van der Waals surface area contributed by atoms with Crippen molar-refractivity contribution in [1.82, 2.24) is 20.2 Å². The van der Waals surface area contributed by atoms with Gasteiger partial charge in [-0.05, 0) is 36.4 Å². The summed E-state index contributed by atoms with van der Waals surface area (Å²) in [5, 5.41) is 10.1. The van der Waals surface area contributed by atoms with Crippen molar-refractivity contribution in [3.8, 4) is 17.1 Å². The van der Waals surface area contributed by atoms with Crippen LogP contribution in [0.15, 0.2) is 54.7 Å². The number of H-pyrrole nitrogens is 1. The Hall–Kier alpha value is -3.86. The molecule has 33 heavy (non-hydrogen) atoms. The summed E-state index contributed by atoms with van der Waals surface area (Å²) in [6.07, 6.45) is -3.25. The first-order valence-electron chi connectivity index (χ1n) is 10.2. The summed E-state index contributed by atoms with van der Waals surface area (Å²) in [5.41, 5.74) is 3.38. The van der Waals surface area contributed by atoms with E-state index in [1.807, 2.05) is 24.3 Å². The molecule has 0 atom stereocenters. The molecule has 4 aromatic rings. The molecule has 0 spiro atoms. The number of hydrogen-bond acceptors (Lipinski definition) is 7. The Bertz CT molecular complexity index is 1250. The Balaban J connectivity index is 1.43. The van der Waals surface area contributed by atoms with Crippen LogP contribution in [0.25, 0.3) is 22.4 Å². The summed E-state index contributed by atoms with van der Waals surface area (Å²) in [6, 6.07) is 13.4. The Morgan fingerprint density at radius 3 is 2.58 bits per heavy atom. The van der Waals surface area contributed by atoms with Gasteiger partial charge < -0.3 is 19.7 Å². The second kappa shape index (κ2) is 8.58. The largest absolute Gasteiger partial charge is 0.573 e. The maximum absolute atomic E-state index is 12.6. The van der Waals surface area contributed by atoms with Gasteiger partial charge in [-0.3, -0.25) is 5.10 Å². The molecule has 0 bridgehead atoms. The van der Waals surface area contributed by atoms with Crippen molar-refractivity contribution < 1.29 is 22.6 Å². The molecule has 1 fully saturated rings. The highest BCUT2D eigenvalue weighted by Gasteiger charge is 2.31. The van der Waals surface area contributed by atoms with Gasteiger partial charge in [-0.15, -0.1) is 13.2 Å². The van der Waals surface area contributed by atoms with Crippen molar-refractivity contribution in [2.24, 2.45) is 0 Å². The van der Waals surface area contributed by atoms with E-state index in [4.69, 9.17) is 4.74 Å². The van der Waals surface area contributed by atoms with Gasteiger partial charge in [0.25, 0.3) is 0 Å². The Morgan fingerprint density at radius 2 is 1.82 bits per heavy atom. The van der Waals surface area contributed by atoms with Crippen molar-refractivity contribution in [2.75, 3.05) is 36.5 Å². The van der Waals surface area contributed by atoms with Crippen LogP contribution < -0.4 is 15.0 Å². The van der Waals surface area contributed by atoms with Crippen LogP contribution in [0.1, 0.15) is 0 Å². The summed E-state index contributed by atoms with van der Waals surface area (Å²) in [4.78, 5) is 11.2. The van der Waals surface area contributed by atoms with Crippen LogP contribution in [0, 0.1) is 0 Å². The highest BCUT2D eigenvalue weighted by Crippen LogP contribution is 2.30. The number of aromatic amines is 1. The summed E-state index contributed by atoms with van der Waals surface area (Å²) >= 11 is 0. The number of anilines is 3. The van der Waals surface area contributed by atoms with Gasteiger partial charge in [0.2, 0.25) is 0 Å². The number of fused-ring (bicyclic) bond motifs is 1. The van der Waals surface area contributed by atoms with Crippen LogP contribution in [-0.4, -0.2) is 52.8 Å². The van der Waals surface area contributed by atoms with Gasteiger partial charge in [-0.1, -0.05) is 12.1 Å². The molecule has 2 aromatic heterocycles. The van der Waals surface area contributed by atoms with E-state index in [2.05, 4.69) is 35.1 Å². The molecule has 1 aliphatic rings. The van der Waals surface area contributed by atoms with Crippen LogP contribution in [0.4, 0.5) is 30.4 Å². The molecule has 2 aromatic carbocycles. The van der Waals surface area contributed by atoms with Gasteiger partial charge in [-0.2, -0.15) is 5.10 Å². The summed E-state index contributed by atoms with van der Waals surface area (Å²) < 4.78 is 47.2. The molecule has 0 unspecified atom stereocenters. The summed E-state index contributed by atoms with van der Waals surface area (Å²) in [5.74, 6) is 0.349. The molecular formula is C22H19F3N6O2. The number of ether oxygens (including phenoxy) is 2. The van der Waals surface area contributed by atoms with Crippen molar-refractivity contribution in [1.29, 1.82) is 0 Å². The monoisotopic (exact) mass is 456 g/mol. The van der Waals surface area contributed by atoms with E-state index in [0.29, 0.717) is 35.6 Å². The predicted octanol–water partition coefficient (Wildman–Crippen LogP) is 4.50. The highest BCUT2D eigenvalue weighted by atomic mass is 19.4. The Labute approximate surface area is 186 Å². The highest BCUT2D eigenvalue weighted by molar-refractivity contribution is 5.88. The summed E-state index contributed by atoms with van der Waals surface area (Å²) in [7, 11) is 0. The molecule has 0 aliphatic carbocycles. The third kappa shape index (κ3) is 4.82. The minimum Gasteiger partial charge on any atom is -0.406 e. The van der Waals surface area contributed by atoms with Crippen LogP contribution in [0.2, 0.25) is 0 Å². The quantitative estimate of drug-likeness (QED) is 0.457. The maximum atomic E-state index is 12.6.